The van der Waals surface area contributed by atoms with Gasteiger partial charge in [0.1, 0.15) is 6.04 Å². The highest BCUT2D eigenvalue weighted by Gasteiger charge is 2.27. The fourth-order valence-corrected chi connectivity index (χ4v) is 5.10. The van der Waals surface area contributed by atoms with E-state index in [1.165, 1.54) is 10.6 Å². The average Bonchev–Trinajstić information content (AvgIpc) is 2.82. The van der Waals surface area contributed by atoms with Crippen LogP contribution in [0.4, 0.5) is 5.69 Å². The number of carbonyl (C=O) groups is 2. The van der Waals surface area contributed by atoms with Crippen LogP contribution in [0, 0.1) is 13.8 Å². The minimum absolute atomic E-state index is 0.00507. The largest absolute Gasteiger partial charge is 0.352 e. The number of amides is 2. The number of sulfonamides is 1. The maximum Gasteiger partial charge on any atom is 0.242 e. The van der Waals surface area contributed by atoms with Gasteiger partial charge in [-0.2, -0.15) is 0 Å². The third-order valence-electron chi connectivity index (χ3n) is 6.43. The molecule has 0 unspecified atom stereocenters. The molecule has 0 saturated heterocycles. The Bertz CT molecular complexity index is 1150. The molecule has 0 fully saturated rings. The molecule has 7 nitrogen and oxygen atoms in total. The van der Waals surface area contributed by atoms with Gasteiger partial charge in [0.2, 0.25) is 21.8 Å². The fourth-order valence-electron chi connectivity index (χ4n) is 3.82. The van der Waals surface area contributed by atoms with Crippen LogP contribution in [0.3, 0.4) is 0 Å². The van der Waals surface area contributed by atoms with Crippen LogP contribution in [0.2, 0.25) is 0 Å². The molecule has 0 aliphatic heterocycles. The Hall–Kier alpha value is -2.39. The molecule has 9 heteroatoms. The van der Waals surface area contributed by atoms with Crippen molar-refractivity contribution >= 4 is 43.5 Å². The summed E-state index contributed by atoms with van der Waals surface area (Å²) in [6, 6.07) is 12.5. The lowest BCUT2D eigenvalue weighted by atomic mass is 10.1. The van der Waals surface area contributed by atoms with Crippen LogP contribution in [0.1, 0.15) is 56.7 Å². The number of benzene rings is 2. The van der Waals surface area contributed by atoms with E-state index in [0.29, 0.717) is 12.1 Å². The van der Waals surface area contributed by atoms with E-state index < -0.39 is 16.1 Å². The molecule has 2 aromatic rings. The Labute approximate surface area is 224 Å². The SMILES string of the molecule is CC[C@H](C)NC(=O)[C@@H](C)N(Cc1ccc(Br)cc1)C(=O)CCCN(c1cccc(C)c1C)S(C)(=O)=O. The third-order valence-corrected chi connectivity index (χ3v) is 8.14. The van der Waals surface area contributed by atoms with Gasteiger partial charge in [-0.25, -0.2) is 8.42 Å². The second kappa shape index (κ2) is 13.2. The minimum atomic E-state index is -3.53. The fraction of sp³-hybridized carbons (Fsp3) is 0.481. The minimum Gasteiger partial charge on any atom is -0.352 e. The maximum absolute atomic E-state index is 13.4. The Balaban J connectivity index is 2.20. The Kier molecular flexibility index (Phi) is 11.0. The van der Waals surface area contributed by atoms with Crippen LogP contribution >= 0.6 is 15.9 Å². The van der Waals surface area contributed by atoms with E-state index in [1.807, 2.05) is 64.1 Å². The van der Waals surface area contributed by atoms with Gasteiger partial charge < -0.3 is 10.2 Å². The molecule has 0 aromatic heterocycles. The van der Waals surface area contributed by atoms with Crippen molar-refractivity contribution in [3.63, 3.8) is 0 Å². The van der Waals surface area contributed by atoms with Gasteiger partial charge >= 0.3 is 0 Å². The van der Waals surface area contributed by atoms with Gasteiger partial charge in [-0.1, -0.05) is 47.1 Å². The smallest absolute Gasteiger partial charge is 0.242 e. The first-order chi connectivity index (χ1) is 16.8. The second-order valence-electron chi connectivity index (χ2n) is 9.30. The molecule has 2 amide bonds. The number of nitrogens with zero attached hydrogens (tertiary/aromatic N) is 2. The molecule has 0 radical (unpaired) electrons. The van der Waals surface area contributed by atoms with Crippen LogP contribution < -0.4 is 9.62 Å². The molecule has 0 aliphatic carbocycles. The first kappa shape index (κ1) is 29.8. The lowest BCUT2D eigenvalue weighted by molar-refractivity contribution is -0.140. The normalized spacial score (nSPS) is 13.1. The van der Waals surface area contributed by atoms with Crippen molar-refractivity contribution in [2.45, 2.75) is 72.5 Å². The van der Waals surface area contributed by atoms with E-state index in [0.717, 1.165) is 27.6 Å². The summed E-state index contributed by atoms with van der Waals surface area (Å²) in [5.41, 5.74) is 3.42. The van der Waals surface area contributed by atoms with Gasteiger partial charge in [-0.15, -0.1) is 0 Å². The zero-order valence-electron chi connectivity index (χ0n) is 22.0. The summed E-state index contributed by atoms with van der Waals surface area (Å²) in [5, 5.41) is 2.96. The van der Waals surface area contributed by atoms with E-state index in [9.17, 15) is 18.0 Å². The molecule has 0 bridgehead atoms. The highest BCUT2D eigenvalue weighted by Crippen LogP contribution is 2.25. The Morgan fingerprint density at radius 1 is 1.06 bits per heavy atom. The van der Waals surface area contributed by atoms with Crippen LogP contribution in [-0.4, -0.2) is 50.0 Å². The molecule has 0 heterocycles. The lowest BCUT2D eigenvalue weighted by Crippen LogP contribution is -2.49. The van der Waals surface area contributed by atoms with E-state index in [1.54, 1.807) is 17.9 Å². The number of hydrogen-bond donors (Lipinski definition) is 1. The number of halogens is 1. The van der Waals surface area contributed by atoms with Gasteiger partial charge in [0.15, 0.2) is 0 Å². The number of nitrogens with one attached hydrogen (secondary N) is 1. The predicted octanol–water partition coefficient (Wildman–Crippen LogP) is 4.94. The van der Waals surface area contributed by atoms with Crippen LogP contribution in [0.5, 0.6) is 0 Å². The third kappa shape index (κ3) is 8.34. The molecular weight excluding hydrogens is 542 g/mol. The number of hydrogen-bond acceptors (Lipinski definition) is 4. The summed E-state index contributed by atoms with van der Waals surface area (Å²) in [7, 11) is -3.53. The summed E-state index contributed by atoms with van der Waals surface area (Å²) < 4.78 is 27.4. The van der Waals surface area contributed by atoms with E-state index >= 15 is 0 Å². The summed E-state index contributed by atoms with van der Waals surface area (Å²) >= 11 is 3.42. The molecular formula is C27H38BrN3O4S. The van der Waals surface area contributed by atoms with Crippen molar-refractivity contribution in [3.05, 3.63) is 63.6 Å². The first-order valence-corrected chi connectivity index (χ1v) is 14.9. The van der Waals surface area contributed by atoms with E-state index in [2.05, 4.69) is 21.2 Å². The average molecular weight is 581 g/mol. The summed E-state index contributed by atoms with van der Waals surface area (Å²) in [6.45, 7) is 9.94. The van der Waals surface area contributed by atoms with Crippen molar-refractivity contribution in [1.82, 2.24) is 10.2 Å². The van der Waals surface area contributed by atoms with Gasteiger partial charge in [0.25, 0.3) is 0 Å². The number of anilines is 1. The molecule has 2 atom stereocenters. The van der Waals surface area contributed by atoms with Crippen LogP contribution in [0.15, 0.2) is 46.9 Å². The number of rotatable bonds is 12. The molecule has 36 heavy (non-hydrogen) atoms. The predicted molar refractivity (Wildman–Crippen MR) is 149 cm³/mol. The van der Waals surface area contributed by atoms with Crippen molar-refractivity contribution in [1.29, 1.82) is 0 Å². The molecule has 0 aliphatic rings. The Morgan fingerprint density at radius 2 is 1.69 bits per heavy atom. The maximum atomic E-state index is 13.4. The topological polar surface area (TPSA) is 86.8 Å². The van der Waals surface area contributed by atoms with Crippen molar-refractivity contribution < 1.29 is 18.0 Å². The first-order valence-electron chi connectivity index (χ1n) is 12.2. The number of aryl methyl sites for hydroxylation is 1. The molecule has 0 saturated carbocycles. The lowest BCUT2D eigenvalue weighted by Gasteiger charge is -2.30. The summed E-state index contributed by atoms with van der Waals surface area (Å²) in [4.78, 5) is 27.8. The standard InChI is InChI=1S/C27H38BrN3O4S/c1-7-20(3)29-27(33)22(5)30(18-23-13-15-24(28)16-14-23)26(32)12-9-17-31(36(6,34)35)25-11-8-10-19(2)21(25)4/h8,10-11,13-16,20,22H,7,9,12,17-18H2,1-6H3,(H,29,33)/t20-,22+/m0/s1. The number of carbonyl (C=O) groups excluding carboxylic acids is 2. The van der Waals surface area contributed by atoms with Gasteiger partial charge in [0, 0.05) is 30.0 Å². The highest BCUT2D eigenvalue weighted by atomic mass is 79.9. The molecule has 1 N–H and O–H groups in total. The van der Waals surface area contributed by atoms with Crippen LogP contribution in [0.25, 0.3) is 0 Å². The zero-order valence-corrected chi connectivity index (χ0v) is 24.4. The van der Waals surface area contributed by atoms with E-state index in [4.69, 9.17) is 0 Å². The van der Waals surface area contributed by atoms with Gasteiger partial charge in [0.05, 0.1) is 11.9 Å². The zero-order chi connectivity index (χ0) is 27.0. The molecule has 0 spiro atoms. The Morgan fingerprint density at radius 3 is 2.28 bits per heavy atom. The molecule has 2 rings (SSSR count). The second-order valence-corrected chi connectivity index (χ2v) is 12.1. The van der Waals surface area contributed by atoms with Crippen molar-refractivity contribution in [3.8, 4) is 0 Å². The van der Waals surface area contributed by atoms with E-state index in [-0.39, 0.29) is 37.4 Å². The molecule has 2 aromatic carbocycles. The van der Waals surface area contributed by atoms with Crippen molar-refractivity contribution in [2.75, 3.05) is 17.1 Å². The monoisotopic (exact) mass is 579 g/mol. The van der Waals surface area contributed by atoms with Gasteiger partial charge in [-0.3, -0.25) is 13.9 Å². The highest BCUT2D eigenvalue weighted by molar-refractivity contribution is 9.10. The quantitative estimate of drug-likeness (QED) is 0.385. The van der Waals surface area contributed by atoms with Crippen molar-refractivity contribution in [2.24, 2.45) is 0 Å². The van der Waals surface area contributed by atoms with Crippen LogP contribution in [-0.2, 0) is 26.2 Å². The van der Waals surface area contributed by atoms with Gasteiger partial charge in [-0.05, 0) is 75.4 Å². The molecule has 198 valence electrons. The summed E-state index contributed by atoms with van der Waals surface area (Å²) in [6.07, 6.45) is 2.42. The summed E-state index contributed by atoms with van der Waals surface area (Å²) in [5.74, 6) is -0.401.